The van der Waals surface area contributed by atoms with Crippen molar-refractivity contribution in [2.45, 2.75) is 26.5 Å². The van der Waals surface area contributed by atoms with Gasteiger partial charge in [0.15, 0.2) is 5.82 Å². The fourth-order valence-electron chi connectivity index (χ4n) is 4.16. The first kappa shape index (κ1) is 34.1. The quantitative estimate of drug-likeness (QED) is 0.0963. The number of benzene rings is 1. The summed E-state index contributed by atoms with van der Waals surface area (Å²) in [6.07, 6.45) is 0.607. The lowest BCUT2D eigenvalue weighted by molar-refractivity contribution is -0.143. The lowest BCUT2D eigenvalue weighted by atomic mass is 10.2. The maximum Gasteiger partial charge on any atom is 0.329 e. The molecule has 0 saturated heterocycles. The number of hydrogen-bond donors (Lipinski definition) is 5. The molecule has 1 aromatic carbocycles. The van der Waals surface area contributed by atoms with Crippen molar-refractivity contribution in [3.63, 3.8) is 0 Å². The lowest BCUT2D eigenvalue weighted by Crippen LogP contribution is -2.34. The Hall–Kier alpha value is -4.38. The van der Waals surface area contributed by atoms with Crippen LogP contribution in [0.3, 0.4) is 0 Å². The summed E-state index contributed by atoms with van der Waals surface area (Å²) in [7, 11) is 0. The molecule has 2 aromatic heterocycles. The van der Waals surface area contributed by atoms with Crippen LogP contribution < -0.4 is 21.7 Å². The first-order valence-electron chi connectivity index (χ1n) is 14.2. The van der Waals surface area contributed by atoms with Gasteiger partial charge in [-0.25, -0.2) is 14.8 Å². The Balaban J connectivity index is 1.30. The first-order chi connectivity index (χ1) is 21.3. The Kier molecular flexibility index (Phi) is 14.2. The summed E-state index contributed by atoms with van der Waals surface area (Å²) in [5, 5.41) is 17.3. The van der Waals surface area contributed by atoms with Gasteiger partial charge in [-0.1, -0.05) is 18.2 Å². The number of carbonyl (C=O) groups excluding carboxylic acids is 3. The van der Waals surface area contributed by atoms with Crippen LogP contribution in [0.15, 0.2) is 24.3 Å². The largest absolute Gasteiger partial charge is 0.480 e. The summed E-state index contributed by atoms with van der Waals surface area (Å²) >= 11 is 0. The summed E-state index contributed by atoms with van der Waals surface area (Å²) in [5.41, 5.74) is 8.48. The molecule has 0 unspecified atom stereocenters. The molecule has 0 atom stereocenters. The molecule has 0 aliphatic heterocycles. The molecule has 0 fully saturated rings. The monoisotopic (exact) mass is 617 g/mol. The number of nitrogens with two attached hydrogens (primary N) is 1. The standard InChI is InChI=1S/C28H39N7O9/c1-2-41-14-21-34-26-27(19-6-3-4-7-20(19)33-28(26)29)35(21)11-5-8-30-22(36)15-43-16-23(37)31-9-12-42-13-10-32-24(38)17-44-18-25(39)40/h3-4,6-7H,2,5,8-18H2,1H3,(H2,29,33)(H,30,36)(H,31,37)(H,32,38)(H,39,40). The number of aliphatic carboxylic acids is 1. The number of nitrogen functional groups attached to an aromatic ring is 1. The molecule has 0 saturated carbocycles. The number of fused-ring (bicyclic) bond motifs is 3. The van der Waals surface area contributed by atoms with Gasteiger partial charge in [-0.15, -0.1) is 0 Å². The van der Waals surface area contributed by atoms with E-state index in [0.29, 0.717) is 44.1 Å². The molecule has 0 radical (unpaired) electrons. The van der Waals surface area contributed by atoms with E-state index in [1.165, 1.54) is 0 Å². The predicted octanol–water partition coefficient (Wildman–Crippen LogP) is -0.424. The molecule has 0 aliphatic rings. The van der Waals surface area contributed by atoms with Gasteiger partial charge in [-0.2, -0.15) is 0 Å². The third kappa shape index (κ3) is 11.0. The van der Waals surface area contributed by atoms with Gasteiger partial charge in [0.1, 0.15) is 44.4 Å². The third-order valence-corrected chi connectivity index (χ3v) is 6.07. The van der Waals surface area contributed by atoms with Gasteiger partial charge in [0, 0.05) is 38.2 Å². The Morgan fingerprint density at radius 3 is 2.09 bits per heavy atom. The molecule has 44 heavy (non-hydrogen) atoms. The van der Waals surface area contributed by atoms with E-state index in [4.69, 9.17) is 30.0 Å². The van der Waals surface area contributed by atoms with E-state index in [9.17, 15) is 19.2 Å². The summed E-state index contributed by atoms with van der Waals surface area (Å²) in [6, 6.07) is 7.71. The third-order valence-electron chi connectivity index (χ3n) is 6.07. The Morgan fingerprint density at radius 2 is 1.45 bits per heavy atom. The van der Waals surface area contributed by atoms with Crippen LogP contribution in [0.2, 0.25) is 0 Å². The van der Waals surface area contributed by atoms with Gasteiger partial charge in [-0.05, 0) is 19.4 Å². The first-order valence-corrected chi connectivity index (χ1v) is 14.2. The topological polar surface area (TPSA) is 218 Å². The number of rotatable bonds is 21. The molecule has 240 valence electrons. The molecule has 0 spiro atoms. The predicted molar refractivity (Wildman–Crippen MR) is 159 cm³/mol. The summed E-state index contributed by atoms with van der Waals surface area (Å²) in [6.45, 7) is 3.08. The number of carboxylic acids is 1. The number of aryl methyl sites for hydroxylation is 1. The van der Waals surface area contributed by atoms with Crippen molar-refractivity contribution in [1.82, 2.24) is 30.5 Å². The highest BCUT2D eigenvalue weighted by Crippen LogP contribution is 2.29. The van der Waals surface area contributed by atoms with Crippen molar-refractivity contribution in [3.8, 4) is 0 Å². The van der Waals surface area contributed by atoms with Crippen molar-refractivity contribution < 1.29 is 43.2 Å². The second kappa shape index (κ2) is 18.3. The average molecular weight is 618 g/mol. The second-order valence-electron chi connectivity index (χ2n) is 9.42. The molecule has 2 heterocycles. The lowest BCUT2D eigenvalue weighted by Gasteiger charge is -2.12. The Labute approximate surface area is 253 Å². The number of hydrogen-bond acceptors (Lipinski definition) is 11. The van der Waals surface area contributed by atoms with Crippen molar-refractivity contribution in [3.05, 3.63) is 30.1 Å². The van der Waals surface area contributed by atoms with Crippen molar-refractivity contribution in [1.29, 1.82) is 0 Å². The van der Waals surface area contributed by atoms with E-state index < -0.39 is 24.4 Å². The van der Waals surface area contributed by atoms with Gasteiger partial charge >= 0.3 is 5.97 Å². The van der Waals surface area contributed by atoms with E-state index in [1.54, 1.807) is 0 Å². The highest BCUT2D eigenvalue weighted by Gasteiger charge is 2.17. The molecule has 0 bridgehead atoms. The molecule has 3 rings (SSSR count). The van der Waals surface area contributed by atoms with Crippen LogP contribution >= 0.6 is 0 Å². The van der Waals surface area contributed by atoms with Crippen LogP contribution in [0.5, 0.6) is 0 Å². The van der Waals surface area contributed by atoms with Crippen LogP contribution in [0.4, 0.5) is 5.82 Å². The molecular weight excluding hydrogens is 578 g/mol. The molecule has 16 nitrogen and oxygen atoms in total. The molecule has 16 heteroatoms. The highest BCUT2D eigenvalue weighted by atomic mass is 16.5. The zero-order chi connectivity index (χ0) is 31.7. The van der Waals surface area contributed by atoms with Crippen LogP contribution in [0.25, 0.3) is 21.9 Å². The van der Waals surface area contributed by atoms with E-state index in [1.807, 2.05) is 31.2 Å². The van der Waals surface area contributed by atoms with Crippen LogP contribution in [-0.2, 0) is 51.3 Å². The van der Waals surface area contributed by atoms with Crippen molar-refractivity contribution in [2.24, 2.45) is 0 Å². The average Bonchev–Trinajstić information content (AvgIpc) is 3.36. The van der Waals surface area contributed by atoms with Crippen molar-refractivity contribution in [2.75, 3.05) is 71.6 Å². The van der Waals surface area contributed by atoms with Gasteiger partial charge in [0.2, 0.25) is 17.7 Å². The number of nitrogens with zero attached hydrogens (tertiary/aromatic N) is 3. The summed E-state index contributed by atoms with van der Waals surface area (Å²) < 4.78 is 22.8. The maximum absolute atomic E-state index is 12.2. The normalized spacial score (nSPS) is 11.1. The zero-order valence-corrected chi connectivity index (χ0v) is 24.6. The van der Waals surface area contributed by atoms with E-state index in [0.717, 1.165) is 22.2 Å². The number of amides is 3. The number of anilines is 1. The second-order valence-corrected chi connectivity index (χ2v) is 9.42. The van der Waals surface area contributed by atoms with Crippen LogP contribution in [-0.4, -0.2) is 109 Å². The fraction of sp³-hybridized carbons (Fsp3) is 0.500. The van der Waals surface area contributed by atoms with Crippen molar-refractivity contribution >= 4 is 51.4 Å². The van der Waals surface area contributed by atoms with Crippen LogP contribution in [0, 0.1) is 0 Å². The van der Waals surface area contributed by atoms with E-state index >= 15 is 0 Å². The molecule has 3 amide bonds. The number of imidazole rings is 1. The van der Waals surface area contributed by atoms with E-state index in [-0.39, 0.29) is 52.0 Å². The SMILES string of the molecule is CCOCc1nc2c(N)nc3ccccc3c2n1CCCNC(=O)COCC(=O)NCCOCCNC(=O)COCC(=O)O. The minimum absolute atomic E-state index is 0.198. The zero-order valence-electron chi connectivity index (χ0n) is 24.6. The van der Waals surface area contributed by atoms with Gasteiger partial charge in [-0.3, -0.25) is 14.4 Å². The van der Waals surface area contributed by atoms with Gasteiger partial charge in [0.05, 0.1) is 24.2 Å². The number of carbonyl (C=O) groups is 4. The number of carboxylic acid groups (broad SMARTS) is 1. The van der Waals surface area contributed by atoms with E-state index in [2.05, 4.69) is 30.2 Å². The number of nitrogens with one attached hydrogen (secondary N) is 3. The smallest absolute Gasteiger partial charge is 0.329 e. The van der Waals surface area contributed by atoms with Crippen LogP contribution in [0.1, 0.15) is 19.2 Å². The minimum Gasteiger partial charge on any atom is -0.480 e. The van der Waals surface area contributed by atoms with Gasteiger partial charge < -0.3 is 50.3 Å². The van der Waals surface area contributed by atoms with Gasteiger partial charge in [0.25, 0.3) is 0 Å². The minimum atomic E-state index is -1.16. The number of aromatic nitrogens is 3. The Bertz CT molecular complexity index is 1410. The maximum atomic E-state index is 12.2. The highest BCUT2D eigenvalue weighted by molar-refractivity contribution is 6.06. The molecular formula is C28H39N7O9. The molecule has 0 aliphatic carbocycles. The Morgan fingerprint density at radius 1 is 0.841 bits per heavy atom. The number of ether oxygens (including phenoxy) is 4. The summed E-state index contributed by atoms with van der Waals surface area (Å²) in [4.78, 5) is 55.0. The summed E-state index contributed by atoms with van der Waals surface area (Å²) in [5.74, 6) is -1.29. The molecule has 6 N–H and O–H groups in total. The number of para-hydroxylation sites is 1. The number of pyridine rings is 1. The molecule has 3 aromatic rings. The fourth-order valence-corrected chi connectivity index (χ4v) is 4.16.